The lowest BCUT2D eigenvalue weighted by molar-refractivity contribution is -0.179. The minimum Gasteiger partial charge on any atom is -0.481 e. The first kappa shape index (κ1) is 12.9. The van der Waals surface area contributed by atoms with E-state index in [1.807, 2.05) is 0 Å². The molecule has 0 radical (unpaired) electrons. The lowest BCUT2D eigenvalue weighted by atomic mass is 9.79. The van der Waals surface area contributed by atoms with Crippen LogP contribution in [0.4, 0.5) is 13.2 Å². The van der Waals surface area contributed by atoms with E-state index < -0.39 is 23.1 Å². The number of aliphatic carboxylic acids is 1. The van der Waals surface area contributed by atoms with E-state index in [-0.39, 0.29) is 19.6 Å². The number of ether oxygens (including phenoxy) is 1. The van der Waals surface area contributed by atoms with E-state index in [4.69, 9.17) is 9.84 Å². The molecule has 2 rings (SSSR count). The standard InChI is InChI=1S/C12H11F3O3/c13-12(14,15)9-3-1-2-8(4-9)5-11(10(16)17)6-18-7-11/h1-4H,5-7H2,(H,16,17). The zero-order valence-electron chi connectivity index (χ0n) is 9.33. The van der Waals surface area contributed by atoms with Crippen LogP contribution in [0.5, 0.6) is 0 Å². The summed E-state index contributed by atoms with van der Waals surface area (Å²) < 4.78 is 42.4. The third kappa shape index (κ3) is 2.33. The zero-order chi connectivity index (χ0) is 13.4. The Morgan fingerprint density at radius 3 is 2.50 bits per heavy atom. The quantitative estimate of drug-likeness (QED) is 0.907. The Hall–Kier alpha value is -1.56. The molecule has 0 unspecified atom stereocenters. The number of carbonyl (C=O) groups is 1. The van der Waals surface area contributed by atoms with E-state index in [1.165, 1.54) is 12.1 Å². The molecule has 0 saturated carbocycles. The molecule has 1 saturated heterocycles. The molecule has 1 aliphatic heterocycles. The lowest BCUT2D eigenvalue weighted by Crippen LogP contribution is -2.50. The van der Waals surface area contributed by atoms with E-state index in [9.17, 15) is 18.0 Å². The highest BCUT2D eigenvalue weighted by Gasteiger charge is 2.46. The maximum Gasteiger partial charge on any atom is 0.416 e. The summed E-state index contributed by atoms with van der Waals surface area (Å²) in [5.74, 6) is -1.04. The first-order valence-corrected chi connectivity index (χ1v) is 5.31. The van der Waals surface area contributed by atoms with Gasteiger partial charge in [-0.2, -0.15) is 13.2 Å². The molecule has 1 heterocycles. The second-order valence-corrected chi connectivity index (χ2v) is 4.45. The number of benzene rings is 1. The first-order valence-electron chi connectivity index (χ1n) is 5.31. The number of hydrogen-bond acceptors (Lipinski definition) is 2. The third-order valence-electron chi connectivity index (χ3n) is 3.01. The largest absolute Gasteiger partial charge is 0.481 e. The molecule has 0 bridgehead atoms. The maximum atomic E-state index is 12.5. The predicted molar refractivity (Wildman–Crippen MR) is 56.0 cm³/mol. The van der Waals surface area contributed by atoms with Gasteiger partial charge in [0, 0.05) is 0 Å². The van der Waals surface area contributed by atoms with E-state index >= 15 is 0 Å². The molecule has 0 aromatic heterocycles. The maximum absolute atomic E-state index is 12.5. The van der Waals surface area contributed by atoms with Crippen molar-refractivity contribution in [2.75, 3.05) is 13.2 Å². The summed E-state index contributed by atoms with van der Waals surface area (Å²) in [5.41, 5.74) is -1.49. The number of alkyl halides is 3. The summed E-state index contributed by atoms with van der Waals surface area (Å²) in [6.07, 6.45) is -4.37. The summed E-state index contributed by atoms with van der Waals surface area (Å²) >= 11 is 0. The third-order valence-corrected chi connectivity index (χ3v) is 3.01. The molecular weight excluding hydrogens is 249 g/mol. The van der Waals surface area contributed by atoms with Gasteiger partial charge in [-0.15, -0.1) is 0 Å². The van der Waals surface area contributed by atoms with Gasteiger partial charge >= 0.3 is 12.1 Å². The second-order valence-electron chi connectivity index (χ2n) is 4.45. The van der Waals surface area contributed by atoms with Crippen LogP contribution in [0.3, 0.4) is 0 Å². The monoisotopic (exact) mass is 260 g/mol. The minimum absolute atomic E-state index is 0.0403. The van der Waals surface area contributed by atoms with Crippen LogP contribution in [-0.2, 0) is 22.1 Å². The topological polar surface area (TPSA) is 46.5 Å². The minimum atomic E-state index is -4.41. The van der Waals surface area contributed by atoms with Crippen LogP contribution in [0.1, 0.15) is 11.1 Å². The highest BCUT2D eigenvalue weighted by atomic mass is 19.4. The Labute approximate surface area is 101 Å². The highest BCUT2D eigenvalue weighted by molar-refractivity contribution is 5.76. The summed E-state index contributed by atoms with van der Waals surface area (Å²) in [6.45, 7) is 0.0805. The Balaban J connectivity index is 2.22. The van der Waals surface area contributed by atoms with Crippen LogP contribution in [-0.4, -0.2) is 24.3 Å². The number of halogens is 3. The van der Waals surface area contributed by atoms with Crippen LogP contribution in [0.15, 0.2) is 24.3 Å². The number of hydrogen-bond donors (Lipinski definition) is 1. The van der Waals surface area contributed by atoms with Gasteiger partial charge in [0.2, 0.25) is 0 Å². The molecule has 1 aliphatic rings. The van der Waals surface area contributed by atoms with Crippen molar-refractivity contribution in [1.29, 1.82) is 0 Å². The van der Waals surface area contributed by atoms with Crippen molar-refractivity contribution in [2.24, 2.45) is 5.41 Å². The van der Waals surface area contributed by atoms with E-state index in [2.05, 4.69) is 0 Å². The van der Waals surface area contributed by atoms with Gasteiger partial charge < -0.3 is 9.84 Å². The van der Waals surface area contributed by atoms with Crippen molar-refractivity contribution in [2.45, 2.75) is 12.6 Å². The van der Waals surface area contributed by atoms with E-state index in [1.54, 1.807) is 0 Å². The molecular formula is C12H11F3O3. The smallest absolute Gasteiger partial charge is 0.416 e. The molecule has 1 N–H and O–H groups in total. The van der Waals surface area contributed by atoms with Gasteiger partial charge in [0.25, 0.3) is 0 Å². The molecule has 6 heteroatoms. The molecule has 98 valence electrons. The summed E-state index contributed by atoms with van der Waals surface area (Å²) in [5, 5.41) is 9.07. The van der Waals surface area contributed by atoms with Crippen LogP contribution in [0.25, 0.3) is 0 Å². The molecule has 0 amide bonds. The Bertz CT molecular complexity index is 464. The Morgan fingerprint density at radius 1 is 1.39 bits per heavy atom. The molecule has 1 aromatic carbocycles. The average molecular weight is 260 g/mol. The van der Waals surface area contributed by atoms with Crippen LogP contribution in [0.2, 0.25) is 0 Å². The summed E-state index contributed by atoms with van der Waals surface area (Å²) in [7, 11) is 0. The molecule has 1 aromatic rings. The zero-order valence-corrected chi connectivity index (χ0v) is 9.33. The molecule has 3 nitrogen and oxygen atoms in total. The number of rotatable bonds is 3. The fourth-order valence-electron chi connectivity index (χ4n) is 1.90. The second kappa shape index (κ2) is 4.28. The van der Waals surface area contributed by atoms with Gasteiger partial charge in [0.1, 0.15) is 5.41 Å². The molecule has 0 atom stereocenters. The Kier molecular flexibility index (Phi) is 3.06. The fourth-order valence-corrected chi connectivity index (χ4v) is 1.90. The molecule has 18 heavy (non-hydrogen) atoms. The first-order chi connectivity index (χ1) is 8.33. The predicted octanol–water partition coefficient (Wildman–Crippen LogP) is 2.35. The molecule has 1 fully saturated rings. The van der Waals surface area contributed by atoms with Crippen molar-refractivity contribution in [3.8, 4) is 0 Å². The lowest BCUT2D eigenvalue weighted by Gasteiger charge is -2.37. The van der Waals surface area contributed by atoms with Crippen molar-refractivity contribution in [3.63, 3.8) is 0 Å². The van der Waals surface area contributed by atoms with Gasteiger partial charge in [0.05, 0.1) is 18.8 Å². The average Bonchev–Trinajstić information content (AvgIpc) is 2.22. The number of carboxylic acids is 1. The van der Waals surface area contributed by atoms with Gasteiger partial charge in [-0.3, -0.25) is 4.79 Å². The van der Waals surface area contributed by atoms with Crippen LogP contribution >= 0.6 is 0 Å². The summed E-state index contributed by atoms with van der Waals surface area (Å²) in [4.78, 5) is 11.1. The fraction of sp³-hybridized carbons (Fsp3) is 0.417. The van der Waals surface area contributed by atoms with Gasteiger partial charge in [-0.1, -0.05) is 18.2 Å². The number of carboxylic acid groups (broad SMARTS) is 1. The molecule has 0 aliphatic carbocycles. The van der Waals surface area contributed by atoms with E-state index in [0.29, 0.717) is 5.56 Å². The van der Waals surface area contributed by atoms with Crippen molar-refractivity contribution >= 4 is 5.97 Å². The van der Waals surface area contributed by atoms with Gasteiger partial charge in [0.15, 0.2) is 0 Å². The van der Waals surface area contributed by atoms with Crippen LogP contribution in [0, 0.1) is 5.41 Å². The SMILES string of the molecule is O=C(O)C1(Cc2cccc(C(F)(F)F)c2)COC1. The highest BCUT2D eigenvalue weighted by Crippen LogP contribution is 2.34. The van der Waals surface area contributed by atoms with Gasteiger partial charge in [-0.25, -0.2) is 0 Å². The Morgan fingerprint density at radius 2 is 2.06 bits per heavy atom. The summed E-state index contributed by atoms with van der Waals surface area (Å²) in [6, 6.07) is 4.74. The van der Waals surface area contributed by atoms with Crippen molar-refractivity contribution in [1.82, 2.24) is 0 Å². The van der Waals surface area contributed by atoms with Crippen molar-refractivity contribution < 1.29 is 27.8 Å². The van der Waals surface area contributed by atoms with E-state index in [0.717, 1.165) is 12.1 Å². The normalized spacial score (nSPS) is 18.2. The van der Waals surface area contributed by atoms with Crippen molar-refractivity contribution in [3.05, 3.63) is 35.4 Å². The molecule has 0 spiro atoms. The van der Waals surface area contributed by atoms with Crippen LogP contribution < -0.4 is 0 Å². The van der Waals surface area contributed by atoms with Gasteiger partial charge in [-0.05, 0) is 18.1 Å².